The van der Waals surface area contributed by atoms with Crippen LogP contribution in [0.5, 0.6) is 5.88 Å². The van der Waals surface area contributed by atoms with Crippen molar-refractivity contribution in [2.45, 2.75) is 13.8 Å². The molecule has 0 amide bonds. The third kappa shape index (κ3) is 3.23. The number of nitrogens with one attached hydrogen (secondary N) is 1. The number of hydrogen-bond acceptors (Lipinski definition) is 6. The van der Waals surface area contributed by atoms with Crippen LogP contribution in [0.2, 0.25) is 0 Å². The fourth-order valence-corrected chi connectivity index (χ4v) is 1.11. The van der Waals surface area contributed by atoms with Crippen molar-refractivity contribution in [1.29, 1.82) is 0 Å². The Morgan fingerprint density at radius 2 is 2.31 bits per heavy atom. The highest BCUT2D eigenvalue weighted by atomic mass is 16.5. The van der Waals surface area contributed by atoms with Gasteiger partial charge in [0, 0.05) is 13.2 Å². The molecule has 0 radical (unpaired) electrons. The van der Waals surface area contributed by atoms with Crippen LogP contribution in [-0.4, -0.2) is 34.8 Å². The number of nitrogens with two attached hydrogens (primary N) is 1. The maximum Gasteiger partial charge on any atom is 0.242 e. The van der Waals surface area contributed by atoms with Gasteiger partial charge in [-0.3, -0.25) is 0 Å². The first-order valence-electron chi connectivity index (χ1n) is 5.27. The highest BCUT2D eigenvalue weighted by Gasteiger charge is 2.09. The van der Waals surface area contributed by atoms with E-state index in [4.69, 9.17) is 15.6 Å². The minimum atomic E-state index is 0.121. The van der Waals surface area contributed by atoms with Crippen LogP contribution in [0.15, 0.2) is 6.33 Å². The number of aliphatic hydroxyl groups excluding tert-OH is 1. The molecule has 6 nitrogen and oxygen atoms in total. The van der Waals surface area contributed by atoms with Crippen LogP contribution in [0.25, 0.3) is 0 Å². The van der Waals surface area contributed by atoms with Crippen molar-refractivity contribution < 1.29 is 9.84 Å². The number of anilines is 2. The van der Waals surface area contributed by atoms with Crippen molar-refractivity contribution >= 4 is 11.5 Å². The molecule has 1 unspecified atom stereocenters. The minimum absolute atomic E-state index is 0.121. The van der Waals surface area contributed by atoms with Crippen molar-refractivity contribution in [3.8, 4) is 5.88 Å². The van der Waals surface area contributed by atoms with Crippen LogP contribution in [0.4, 0.5) is 11.5 Å². The van der Waals surface area contributed by atoms with Gasteiger partial charge in [-0.2, -0.15) is 4.98 Å². The van der Waals surface area contributed by atoms with Gasteiger partial charge in [0.1, 0.15) is 12.0 Å². The van der Waals surface area contributed by atoms with Gasteiger partial charge in [0.2, 0.25) is 5.88 Å². The topological polar surface area (TPSA) is 93.3 Å². The Morgan fingerprint density at radius 1 is 1.56 bits per heavy atom. The van der Waals surface area contributed by atoms with E-state index in [-0.39, 0.29) is 12.5 Å². The zero-order valence-corrected chi connectivity index (χ0v) is 9.60. The fourth-order valence-electron chi connectivity index (χ4n) is 1.11. The summed E-state index contributed by atoms with van der Waals surface area (Å²) in [5, 5.41) is 11.9. The van der Waals surface area contributed by atoms with E-state index in [0.717, 1.165) is 0 Å². The Morgan fingerprint density at radius 3 is 2.94 bits per heavy atom. The molecule has 6 heteroatoms. The maximum absolute atomic E-state index is 8.89. The second-order valence-electron chi connectivity index (χ2n) is 3.54. The number of aliphatic hydroxyl groups is 1. The molecule has 0 aliphatic heterocycles. The largest absolute Gasteiger partial charge is 0.476 e. The molecule has 0 aliphatic rings. The molecule has 1 aromatic rings. The van der Waals surface area contributed by atoms with E-state index in [1.165, 1.54) is 6.33 Å². The van der Waals surface area contributed by atoms with Crippen molar-refractivity contribution in [3.05, 3.63) is 6.33 Å². The van der Waals surface area contributed by atoms with Crippen LogP contribution in [0.1, 0.15) is 13.8 Å². The molecule has 90 valence electrons. The molecular weight excluding hydrogens is 208 g/mol. The molecule has 1 heterocycles. The van der Waals surface area contributed by atoms with E-state index in [9.17, 15) is 0 Å². The second kappa shape index (κ2) is 6.12. The molecule has 16 heavy (non-hydrogen) atoms. The Bertz CT molecular complexity index is 333. The predicted molar refractivity (Wildman–Crippen MR) is 62.4 cm³/mol. The van der Waals surface area contributed by atoms with Crippen LogP contribution in [0.3, 0.4) is 0 Å². The lowest BCUT2D eigenvalue weighted by Crippen LogP contribution is -2.16. The van der Waals surface area contributed by atoms with Gasteiger partial charge in [0.25, 0.3) is 0 Å². The van der Waals surface area contributed by atoms with Crippen LogP contribution in [0, 0.1) is 5.92 Å². The van der Waals surface area contributed by atoms with Crippen LogP contribution in [-0.2, 0) is 0 Å². The molecule has 0 aliphatic carbocycles. The Labute approximate surface area is 94.9 Å². The number of ether oxygens (including phenoxy) is 1. The maximum atomic E-state index is 8.89. The average Bonchev–Trinajstić information content (AvgIpc) is 2.30. The van der Waals surface area contributed by atoms with E-state index in [1.54, 1.807) is 0 Å². The number of aromatic nitrogens is 2. The van der Waals surface area contributed by atoms with Gasteiger partial charge in [-0.15, -0.1) is 0 Å². The molecule has 0 aromatic carbocycles. The number of rotatable bonds is 6. The smallest absolute Gasteiger partial charge is 0.242 e. The van der Waals surface area contributed by atoms with E-state index in [2.05, 4.69) is 15.3 Å². The van der Waals surface area contributed by atoms with Crippen molar-refractivity contribution in [3.63, 3.8) is 0 Å². The van der Waals surface area contributed by atoms with Gasteiger partial charge in [-0.05, 0) is 12.8 Å². The van der Waals surface area contributed by atoms with E-state index in [1.807, 2.05) is 13.8 Å². The van der Waals surface area contributed by atoms with Gasteiger partial charge >= 0.3 is 0 Å². The van der Waals surface area contributed by atoms with Gasteiger partial charge < -0.3 is 20.9 Å². The zero-order chi connectivity index (χ0) is 12.0. The number of nitrogens with zero attached hydrogens (tertiary/aromatic N) is 2. The number of nitrogen functional groups attached to an aromatic ring is 1. The molecule has 0 bridgehead atoms. The quantitative estimate of drug-likeness (QED) is 0.654. The Kier molecular flexibility index (Phi) is 4.78. The van der Waals surface area contributed by atoms with Gasteiger partial charge in [0.05, 0.1) is 6.61 Å². The summed E-state index contributed by atoms with van der Waals surface area (Å²) in [4.78, 5) is 7.95. The minimum Gasteiger partial charge on any atom is -0.476 e. The third-order valence-corrected chi connectivity index (χ3v) is 2.06. The van der Waals surface area contributed by atoms with Crippen LogP contribution >= 0.6 is 0 Å². The lowest BCUT2D eigenvalue weighted by atomic mass is 10.2. The molecule has 0 fully saturated rings. The fraction of sp³-hybridized carbons (Fsp3) is 0.600. The summed E-state index contributed by atoms with van der Waals surface area (Å²) in [5.41, 5.74) is 6.22. The zero-order valence-electron chi connectivity index (χ0n) is 9.60. The molecule has 0 spiro atoms. The first-order valence-corrected chi connectivity index (χ1v) is 5.27. The highest BCUT2D eigenvalue weighted by Crippen LogP contribution is 2.24. The predicted octanol–water partition coefficient (Wildman–Crippen LogP) is 0.498. The first-order chi connectivity index (χ1) is 7.69. The molecule has 0 saturated heterocycles. The van der Waals surface area contributed by atoms with Gasteiger partial charge in [-0.1, -0.05) is 6.92 Å². The van der Waals surface area contributed by atoms with Crippen molar-refractivity contribution in [2.75, 3.05) is 30.8 Å². The van der Waals surface area contributed by atoms with Gasteiger partial charge in [0.15, 0.2) is 5.82 Å². The molecular formula is C10H18N4O2. The molecule has 1 aromatic heterocycles. The number of hydrogen-bond donors (Lipinski definition) is 3. The SMILES string of the molecule is CCOc1ncnc(NCC(C)CO)c1N. The second-order valence-corrected chi connectivity index (χ2v) is 3.54. The van der Waals surface area contributed by atoms with Crippen molar-refractivity contribution in [2.24, 2.45) is 5.92 Å². The normalized spacial score (nSPS) is 12.2. The summed E-state index contributed by atoms with van der Waals surface area (Å²) in [7, 11) is 0. The Balaban J connectivity index is 2.69. The summed E-state index contributed by atoms with van der Waals surface area (Å²) in [6, 6.07) is 0. The summed E-state index contributed by atoms with van der Waals surface area (Å²) < 4.78 is 5.24. The summed E-state index contributed by atoms with van der Waals surface area (Å²) >= 11 is 0. The van der Waals surface area contributed by atoms with Gasteiger partial charge in [-0.25, -0.2) is 4.98 Å². The molecule has 1 atom stereocenters. The van der Waals surface area contributed by atoms with E-state index >= 15 is 0 Å². The van der Waals surface area contributed by atoms with Crippen molar-refractivity contribution in [1.82, 2.24) is 9.97 Å². The molecule has 0 saturated carbocycles. The average molecular weight is 226 g/mol. The standard InChI is InChI=1S/C10H18N4O2/c1-3-16-10-8(11)9(13-6-14-10)12-4-7(2)5-15/h6-7,15H,3-5,11H2,1-2H3,(H,12,13,14). The van der Waals surface area contributed by atoms with E-state index in [0.29, 0.717) is 30.5 Å². The lowest BCUT2D eigenvalue weighted by Gasteiger charge is -2.13. The molecule has 4 N–H and O–H groups in total. The lowest BCUT2D eigenvalue weighted by molar-refractivity contribution is 0.244. The van der Waals surface area contributed by atoms with E-state index < -0.39 is 0 Å². The Hall–Kier alpha value is -1.56. The third-order valence-electron chi connectivity index (χ3n) is 2.06. The summed E-state index contributed by atoms with van der Waals surface area (Å²) in [6.07, 6.45) is 1.40. The monoisotopic (exact) mass is 226 g/mol. The summed E-state index contributed by atoms with van der Waals surface area (Å²) in [6.45, 7) is 5.02. The summed E-state index contributed by atoms with van der Waals surface area (Å²) in [5.74, 6) is 1.07. The highest BCUT2D eigenvalue weighted by molar-refractivity contribution is 5.66. The van der Waals surface area contributed by atoms with Crippen LogP contribution < -0.4 is 15.8 Å². The first kappa shape index (κ1) is 12.5. The molecule has 1 rings (SSSR count).